The Bertz CT molecular complexity index is 308. The number of hydrogen-bond acceptors (Lipinski definition) is 3. The molecule has 0 amide bonds. The van der Waals surface area contributed by atoms with Crippen molar-refractivity contribution in [3.8, 4) is 0 Å². The molecule has 2 saturated heterocycles. The highest BCUT2D eigenvalue weighted by Gasteiger charge is 2.45. The maximum Gasteiger partial charge on any atom is 0.0647 e. The van der Waals surface area contributed by atoms with Crippen molar-refractivity contribution in [1.29, 1.82) is 0 Å². The lowest BCUT2D eigenvalue weighted by atomic mass is 9.86. The molecule has 3 unspecified atom stereocenters. The SMILES string of the molecule is CC(C)C1CNC(C2CC2)CN1C1(C)CCCOC1. The van der Waals surface area contributed by atoms with Crippen LogP contribution in [0.1, 0.15) is 46.5 Å². The molecule has 3 atom stereocenters. The van der Waals surface area contributed by atoms with E-state index in [9.17, 15) is 0 Å². The minimum absolute atomic E-state index is 0.266. The van der Waals surface area contributed by atoms with Gasteiger partial charge in [-0.15, -0.1) is 0 Å². The van der Waals surface area contributed by atoms with Crippen molar-refractivity contribution in [2.45, 2.75) is 64.1 Å². The fraction of sp³-hybridized carbons (Fsp3) is 1.00. The Labute approximate surface area is 118 Å². The first kappa shape index (κ1) is 13.8. The molecule has 2 aliphatic heterocycles. The van der Waals surface area contributed by atoms with Gasteiger partial charge in [0.1, 0.15) is 0 Å². The van der Waals surface area contributed by atoms with Gasteiger partial charge in [0.2, 0.25) is 0 Å². The number of rotatable bonds is 3. The van der Waals surface area contributed by atoms with E-state index in [2.05, 4.69) is 31.0 Å². The number of piperazine rings is 1. The molecular formula is C16H30N2O. The van der Waals surface area contributed by atoms with Gasteiger partial charge in [0.25, 0.3) is 0 Å². The number of hydrogen-bond donors (Lipinski definition) is 1. The third-order valence-electron chi connectivity index (χ3n) is 5.45. The summed E-state index contributed by atoms with van der Waals surface area (Å²) in [6, 6.07) is 1.40. The average molecular weight is 266 g/mol. The van der Waals surface area contributed by atoms with Crippen molar-refractivity contribution in [2.75, 3.05) is 26.3 Å². The molecule has 1 aliphatic carbocycles. The highest BCUT2D eigenvalue weighted by molar-refractivity contribution is 5.01. The van der Waals surface area contributed by atoms with Crippen LogP contribution in [-0.2, 0) is 4.74 Å². The Hall–Kier alpha value is -0.120. The van der Waals surface area contributed by atoms with Crippen LogP contribution in [0.3, 0.4) is 0 Å². The van der Waals surface area contributed by atoms with E-state index in [1.54, 1.807) is 0 Å². The van der Waals surface area contributed by atoms with Crippen LogP contribution in [0, 0.1) is 11.8 Å². The van der Waals surface area contributed by atoms with Crippen molar-refractivity contribution >= 4 is 0 Å². The molecule has 1 saturated carbocycles. The molecule has 0 aromatic rings. The summed E-state index contributed by atoms with van der Waals surface area (Å²) < 4.78 is 5.82. The van der Waals surface area contributed by atoms with Gasteiger partial charge < -0.3 is 10.1 Å². The van der Waals surface area contributed by atoms with Crippen LogP contribution < -0.4 is 5.32 Å². The van der Waals surface area contributed by atoms with E-state index in [0.29, 0.717) is 12.0 Å². The van der Waals surface area contributed by atoms with E-state index in [1.165, 1.54) is 32.2 Å². The monoisotopic (exact) mass is 266 g/mol. The molecule has 0 aromatic heterocycles. The summed E-state index contributed by atoms with van der Waals surface area (Å²) in [5, 5.41) is 3.82. The van der Waals surface area contributed by atoms with E-state index < -0.39 is 0 Å². The highest BCUT2D eigenvalue weighted by Crippen LogP contribution is 2.38. The van der Waals surface area contributed by atoms with Gasteiger partial charge in [-0.3, -0.25) is 4.90 Å². The fourth-order valence-electron chi connectivity index (χ4n) is 3.97. The third kappa shape index (κ3) is 2.84. The van der Waals surface area contributed by atoms with Gasteiger partial charge in [-0.25, -0.2) is 0 Å². The summed E-state index contributed by atoms with van der Waals surface area (Å²) >= 11 is 0. The van der Waals surface area contributed by atoms with Gasteiger partial charge >= 0.3 is 0 Å². The zero-order chi connectivity index (χ0) is 13.5. The van der Waals surface area contributed by atoms with Crippen LogP contribution in [-0.4, -0.2) is 48.8 Å². The molecule has 0 aromatic carbocycles. The molecule has 0 radical (unpaired) electrons. The summed E-state index contributed by atoms with van der Waals surface area (Å²) in [7, 11) is 0. The second kappa shape index (κ2) is 5.34. The maximum absolute atomic E-state index is 5.82. The second-order valence-corrected chi connectivity index (χ2v) is 7.47. The van der Waals surface area contributed by atoms with Gasteiger partial charge in [0.05, 0.1) is 6.61 Å². The molecule has 19 heavy (non-hydrogen) atoms. The van der Waals surface area contributed by atoms with Crippen LogP contribution in [0.4, 0.5) is 0 Å². The van der Waals surface area contributed by atoms with Crippen molar-refractivity contribution in [3.05, 3.63) is 0 Å². The predicted molar refractivity (Wildman–Crippen MR) is 78.3 cm³/mol. The second-order valence-electron chi connectivity index (χ2n) is 7.47. The highest BCUT2D eigenvalue weighted by atomic mass is 16.5. The van der Waals surface area contributed by atoms with Crippen LogP contribution in [0.15, 0.2) is 0 Å². The fourth-order valence-corrected chi connectivity index (χ4v) is 3.97. The normalized spacial score (nSPS) is 41.7. The lowest BCUT2D eigenvalue weighted by Crippen LogP contribution is -2.67. The Morgan fingerprint density at radius 1 is 1.32 bits per heavy atom. The first-order chi connectivity index (χ1) is 9.10. The van der Waals surface area contributed by atoms with Gasteiger partial charge in [-0.2, -0.15) is 0 Å². The van der Waals surface area contributed by atoms with E-state index in [1.807, 2.05) is 0 Å². The minimum Gasteiger partial charge on any atom is -0.380 e. The number of ether oxygens (including phenoxy) is 1. The maximum atomic E-state index is 5.82. The van der Waals surface area contributed by atoms with Crippen LogP contribution in [0.5, 0.6) is 0 Å². The van der Waals surface area contributed by atoms with Crippen molar-refractivity contribution in [1.82, 2.24) is 10.2 Å². The largest absolute Gasteiger partial charge is 0.380 e. The molecule has 3 fully saturated rings. The molecule has 3 rings (SSSR count). The van der Waals surface area contributed by atoms with E-state index >= 15 is 0 Å². The van der Waals surface area contributed by atoms with Gasteiger partial charge in [0.15, 0.2) is 0 Å². The molecular weight excluding hydrogens is 236 g/mol. The lowest BCUT2D eigenvalue weighted by Gasteiger charge is -2.53. The Morgan fingerprint density at radius 2 is 2.11 bits per heavy atom. The van der Waals surface area contributed by atoms with E-state index in [0.717, 1.165) is 31.7 Å². The number of nitrogens with zero attached hydrogens (tertiary/aromatic N) is 1. The van der Waals surface area contributed by atoms with Crippen LogP contribution in [0.25, 0.3) is 0 Å². The van der Waals surface area contributed by atoms with Gasteiger partial charge in [-0.05, 0) is 44.4 Å². The molecule has 0 spiro atoms. The van der Waals surface area contributed by atoms with E-state index in [-0.39, 0.29) is 5.54 Å². The minimum atomic E-state index is 0.266. The molecule has 3 heteroatoms. The molecule has 3 nitrogen and oxygen atoms in total. The molecule has 1 N–H and O–H groups in total. The standard InChI is InChI=1S/C16H30N2O/c1-12(2)15-9-17-14(13-5-6-13)10-18(15)16(3)7-4-8-19-11-16/h12-15,17H,4-11H2,1-3H3. The van der Waals surface area contributed by atoms with E-state index in [4.69, 9.17) is 4.74 Å². The molecule has 0 bridgehead atoms. The summed E-state index contributed by atoms with van der Waals surface area (Å²) in [5.41, 5.74) is 0.266. The third-order valence-corrected chi connectivity index (χ3v) is 5.45. The predicted octanol–water partition coefficient (Wildman–Crippen LogP) is 2.26. The Morgan fingerprint density at radius 3 is 2.68 bits per heavy atom. The van der Waals surface area contributed by atoms with Crippen molar-refractivity contribution in [2.24, 2.45) is 11.8 Å². The average Bonchev–Trinajstić information content (AvgIpc) is 3.23. The van der Waals surface area contributed by atoms with Crippen LogP contribution in [0.2, 0.25) is 0 Å². The first-order valence-corrected chi connectivity index (χ1v) is 8.18. The summed E-state index contributed by atoms with van der Waals surface area (Å²) in [5.74, 6) is 1.66. The first-order valence-electron chi connectivity index (χ1n) is 8.18. The molecule has 2 heterocycles. The number of nitrogens with one attached hydrogen (secondary N) is 1. The molecule has 3 aliphatic rings. The molecule has 110 valence electrons. The summed E-state index contributed by atoms with van der Waals surface area (Å²) in [6.45, 7) is 11.4. The quantitative estimate of drug-likeness (QED) is 0.848. The van der Waals surface area contributed by atoms with Gasteiger partial charge in [-0.1, -0.05) is 13.8 Å². The van der Waals surface area contributed by atoms with Crippen molar-refractivity contribution in [3.63, 3.8) is 0 Å². The smallest absolute Gasteiger partial charge is 0.0647 e. The Balaban J connectivity index is 1.75. The van der Waals surface area contributed by atoms with Crippen molar-refractivity contribution < 1.29 is 4.74 Å². The lowest BCUT2D eigenvalue weighted by molar-refractivity contribution is -0.0813. The van der Waals surface area contributed by atoms with Crippen LogP contribution >= 0.6 is 0 Å². The van der Waals surface area contributed by atoms with Gasteiger partial charge in [0, 0.05) is 37.3 Å². The zero-order valence-corrected chi connectivity index (χ0v) is 12.8. The Kier molecular flexibility index (Phi) is 3.89. The summed E-state index contributed by atoms with van der Waals surface area (Å²) in [6.07, 6.45) is 5.39. The topological polar surface area (TPSA) is 24.5 Å². The zero-order valence-electron chi connectivity index (χ0n) is 12.8. The summed E-state index contributed by atoms with van der Waals surface area (Å²) in [4.78, 5) is 2.80.